The molecule has 0 atom stereocenters. The van der Waals surface area contributed by atoms with E-state index >= 15 is 0 Å². The molecule has 1 aromatic heterocycles. The fraction of sp³-hybridized carbons (Fsp3) is 0. The highest BCUT2D eigenvalue weighted by molar-refractivity contribution is 7.91. The molecule has 6 nitrogen and oxygen atoms in total. The summed E-state index contributed by atoms with van der Waals surface area (Å²) in [5, 5.41) is 0.751. The number of benzene rings is 3. The predicted molar refractivity (Wildman–Crippen MR) is 118 cm³/mol. The summed E-state index contributed by atoms with van der Waals surface area (Å²) >= 11 is 12.7. The average molecular weight is 499 g/mol. The summed E-state index contributed by atoms with van der Waals surface area (Å²) in [7, 11) is -8.32. The van der Waals surface area contributed by atoms with Crippen LogP contribution in [0.25, 0.3) is 10.2 Å². The lowest BCUT2D eigenvalue weighted by Gasteiger charge is -2.07. The first-order valence-electron chi connectivity index (χ1n) is 8.37. The van der Waals surface area contributed by atoms with Crippen LogP contribution in [0.3, 0.4) is 0 Å². The molecule has 0 aliphatic carbocycles. The molecule has 154 valence electrons. The summed E-state index contributed by atoms with van der Waals surface area (Å²) in [6.45, 7) is 0. The van der Waals surface area contributed by atoms with Crippen molar-refractivity contribution >= 4 is 64.8 Å². The molecule has 0 fully saturated rings. The van der Waals surface area contributed by atoms with Gasteiger partial charge < -0.3 is 0 Å². The van der Waals surface area contributed by atoms with E-state index in [4.69, 9.17) is 23.2 Å². The molecule has 0 N–H and O–H groups in total. The molecule has 0 unspecified atom stereocenters. The van der Waals surface area contributed by atoms with Crippen LogP contribution in [0.4, 0.5) is 0 Å². The van der Waals surface area contributed by atoms with E-state index in [0.29, 0.717) is 20.3 Å². The zero-order valence-electron chi connectivity index (χ0n) is 14.9. The van der Waals surface area contributed by atoms with Crippen molar-refractivity contribution in [1.82, 2.24) is 3.97 Å². The lowest BCUT2D eigenvalue weighted by Crippen LogP contribution is -2.25. The number of para-hydroxylation sites is 1. The molecule has 11 heteroatoms. The molecule has 0 radical (unpaired) electrons. The van der Waals surface area contributed by atoms with Crippen LogP contribution >= 0.6 is 34.5 Å². The molecule has 0 aliphatic heterocycles. The van der Waals surface area contributed by atoms with Crippen LogP contribution < -0.4 is 4.80 Å². The normalized spacial score (nSPS) is 13.1. The Morgan fingerprint density at radius 1 is 0.733 bits per heavy atom. The minimum absolute atomic E-state index is 0.0409. The van der Waals surface area contributed by atoms with Gasteiger partial charge in [-0.1, -0.05) is 46.7 Å². The van der Waals surface area contributed by atoms with Crippen LogP contribution in [-0.4, -0.2) is 20.8 Å². The monoisotopic (exact) mass is 498 g/mol. The summed E-state index contributed by atoms with van der Waals surface area (Å²) in [4.78, 5) is -0.332. The van der Waals surface area contributed by atoms with E-state index in [-0.39, 0.29) is 14.6 Å². The van der Waals surface area contributed by atoms with Crippen molar-refractivity contribution in [2.75, 3.05) is 0 Å². The summed E-state index contributed by atoms with van der Waals surface area (Å²) in [6.07, 6.45) is 0. The van der Waals surface area contributed by atoms with Crippen LogP contribution in [0.15, 0.2) is 87.0 Å². The number of thiazole rings is 1. The minimum atomic E-state index is -4.18. The SMILES string of the molecule is O=S(=O)(/N=c1\sc2ccccc2n1S(=O)(=O)c1ccc(Cl)cc1)c1ccc(Cl)cc1. The van der Waals surface area contributed by atoms with Crippen molar-refractivity contribution in [3.63, 3.8) is 0 Å². The van der Waals surface area contributed by atoms with E-state index < -0.39 is 20.0 Å². The number of aromatic nitrogens is 1. The van der Waals surface area contributed by atoms with E-state index in [1.54, 1.807) is 24.3 Å². The number of sulfonamides is 1. The molecule has 0 saturated carbocycles. The van der Waals surface area contributed by atoms with Gasteiger partial charge in [0.05, 0.1) is 20.0 Å². The van der Waals surface area contributed by atoms with E-state index in [1.165, 1.54) is 48.5 Å². The molecule has 0 bridgehead atoms. The summed E-state index contributed by atoms with van der Waals surface area (Å²) in [6, 6.07) is 17.8. The molecule has 3 aromatic carbocycles. The maximum atomic E-state index is 13.4. The van der Waals surface area contributed by atoms with Crippen molar-refractivity contribution in [2.24, 2.45) is 4.40 Å². The topological polar surface area (TPSA) is 85.6 Å². The van der Waals surface area contributed by atoms with Gasteiger partial charge in [-0.25, -0.2) is 12.4 Å². The number of hydrogen-bond donors (Lipinski definition) is 0. The van der Waals surface area contributed by atoms with Crippen molar-refractivity contribution in [3.05, 3.63) is 87.6 Å². The second-order valence-electron chi connectivity index (χ2n) is 6.10. The van der Waals surface area contributed by atoms with Crippen LogP contribution in [0.1, 0.15) is 0 Å². The highest BCUT2D eigenvalue weighted by atomic mass is 35.5. The van der Waals surface area contributed by atoms with Gasteiger partial charge in [-0.3, -0.25) is 0 Å². The highest BCUT2D eigenvalue weighted by Crippen LogP contribution is 2.24. The Bertz CT molecular complexity index is 1520. The zero-order chi connectivity index (χ0) is 21.5. The molecule has 0 spiro atoms. The second-order valence-corrected chi connectivity index (χ2v) is 11.4. The fourth-order valence-corrected chi connectivity index (χ4v) is 6.94. The van der Waals surface area contributed by atoms with Crippen LogP contribution in [-0.2, 0) is 20.0 Å². The summed E-state index contributed by atoms with van der Waals surface area (Å²) in [5.41, 5.74) is 0.322. The summed E-state index contributed by atoms with van der Waals surface area (Å²) < 4.78 is 57.7. The Morgan fingerprint density at radius 3 is 1.87 bits per heavy atom. The van der Waals surface area contributed by atoms with Gasteiger partial charge in [0.1, 0.15) is 0 Å². The fourth-order valence-electron chi connectivity index (χ4n) is 2.72. The molecule has 0 aliphatic rings. The van der Waals surface area contributed by atoms with E-state index in [9.17, 15) is 16.8 Å². The Balaban J connectivity index is 2.01. The molecule has 1 heterocycles. The number of fused-ring (bicyclic) bond motifs is 1. The van der Waals surface area contributed by atoms with Gasteiger partial charge in [0, 0.05) is 10.0 Å². The lowest BCUT2D eigenvalue weighted by molar-refractivity contribution is 0.587. The molecule has 4 rings (SSSR count). The molecular weight excluding hydrogens is 487 g/mol. The van der Waals surface area contributed by atoms with Crippen molar-refractivity contribution < 1.29 is 16.8 Å². The largest absolute Gasteiger partial charge is 0.285 e. The van der Waals surface area contributed by atoms with Gasteiger partial charge in [0.15, 0.2) is 0 Å². The standard InChI is InChI=1S/C19H12Cl2N2O4S3/c20-13-5-9-15(10-6-13)29(24,25)22-19-23(17-3-1-2-4-18(17)28-19)30(26,27)16-11-7-14(21)8-12-16/h1-12H/b22-19-. The Morgan fingerprint density at radius 2 is 1.27 bits per heavy atom. The van der Waals surface area contributed by atoms with Gasteiger partial charge in [0.2, 0.25) is 4.80 Å². The summed E-state index contributed by atoms with van der Waals surface area (Å²) in [5.74, 6) is 0. The van der Waals surface area contributed by atoms with E-state index in [1.807, 2.05) is 0 Å². The lowest BCUT2D eigenvalue weighted by atomic mass is 10.3. The van der Waals surface area contributed by atoms with E-state index in [0.717, 1.165) is 15.3 Å². The Kier molecular flexibility index (Phi) is 5.50. The third kappa shape index (κ3) is 3.91. The van der Waals surface area contributed by atoms with Crippen LogP contribution in [0, 0.1) is 0 Å². The maximum absolute atomic E-state index is 13.4. The molecular formula is C19H12Cl2N2O4S3. The second kappa shape index (κ2) is 7.82. The van der Waals surface area contributed by atoms with Gasteiger partial charge in [-0.05, 0) is 60.7 Å². The third-order valence-corrected chi connectivity index (χ3v) is 8.88. The molecule has 0 amide bonds. The smallest absolute Gasteiger partial charge is 0.206 e. The first-order chi connectivity index (χ1) is 14.2. The first kappa shape index (κ1) is 21.1. The Labute approximate surface area is 186 Å². The predicted octanol–water partition coefficient (Wildman–Crippen LogP) is 4.54. The highest BCUT2D eigenvalue weighted by Gasteiger charge is 2.23. The number of rotatable bonds is 4. The van der Waals surface area contributed by atoms with Crippen LogP contribution in [0.2, 0.25) is 10.0 Å². The van der Waals surface area contributed by atoms with Crippen molar-refractivity contribution in [2.45, 2.75) is 9.79 Å². The van der Waals surface area contributed by atoms with Crippen LogP contribution in [0.5, 0.6) is 0 Å². The number of halogens is 2. The number of hydrogen-bond acceptors (Lipinski definition) is 5. The molecule has 0 saturated heterocycles. The maximum Gasteiger partial charge on any atom is 0.285 e. The zero-order valence-corrected chi connectivity index (χ0v) is 18.9. The van der Waals surface area contributed by atoms with Crippen molar-refractivity contribution in [3.8, 4) is 0 Å². The van der Waals surface area contributed by atoms with Gasteiger partial charge in [-0.15, -0.1) is 4.40 Å². The quantitative estimate of drug-likeness (QED) is 0.413. The first-order valence-corrected chi connectivity index (χ1v) is 12.8. The molecule has 4 aromatic rings. The van der Waals surface area contributed by atoms with Gasteiger partial charge in [0.25, 0.3) is 20.0 Å². The minimum Gasteiger partial charge on any atom is -0.206 e. The third-order valence-electron chi connectivity index (χ3n) is 4.12. The van der Waals surface area contributed by atoms with Gasteiger partial charge in [-0.2, -0.15) is 8.42 Å². The average Bonchev–Trinajstić information content (AvgIpc) is 3.06. The number of nitrogens with zero attached hydrogens (tertiary/aromatic N) is 2. The van der Waals surface area contributed by atoms with E-state index in [2.05, 4.69) is 4.40 Å². The van der Waals surface area contributed by atoms with Crippen molar-refractivity contribution in [1.29, 1.82) is 0 Å². The van der Waals surface area contributed by atoms with Gasteiger partial charge >= 0.3 is 0 Å². The Hall–Kier alpha value is -2.17. The molecule has 30 heavy (non-hydrogen) atoms.